The summed E-state index contributed by atoms with van der Waals surface area (Å²) in [7, 11) is 0. The zero-order chi connectivity index (χ0) is 13.9. The van der Waals surface area contributed by atoms with Gasteiger partial charge in [0.1, 0.15) is 6.04 Å². The number of urea groups is 1. The zero-order valence-electron chi connectivity index (χ0n) is 12.0. The van der Waals surface area contributed by atoms with Crippen LogP contribution < -0.4 is 5.32 Å². The monoisotopic (exact) mass is 278 g/mol. The Kier molecular flexibility index (Phi) is 3.89. The van der Waals surface area contributed by atoms with Gasteiger partial charge < -0.3 is 14.7 Å². The second kappa shape index (κ2) is 5.81. The molecule has 1 aliphatic heterocycles. The van der Waals surface area contributed by atoms with Crippen molar-refractivity contribution in [2.24, 2.45) is 0 Å². The van der Waals surface area contributed by atoms with Crippen molar-refractivity contribution in [3.63, 3.8) is 0 Å². The second-order valence-corrected chi connectivity index (χ2v) is 5.82. The predicted molar refractivity (Wildman–Crippen MR) is 73.1 cm³/mol. The van der Waals surface area contributed by atoms with Crippen molar-refractivity contribution in [3.05, 3.63) is 11.7 Å². The van der Waals surface area contributed by atoms with E-state index in [0.29, 0.717) is 17.8 Å². The van der Waals surface area contributed by atoms with Gasteiger partial charge in [0.2, 0.25) is 5.89 Å². The third-order valence-corrected chi connectivity index (χ3v) is 4.27. The van der Waals surface area contributed by atoms with Gasteiger partial charge in [-0.25, -0.2) is 4.79 Å². The van der Waals surface area contributed by atoms with Gasteiger partial charge in [-0.2, -0.15) is 4.98 Å². The van der Waals surface area contributed by atoms with E-state index in [1.165, 1.54) is 12.8 Å². The Morgan fingerprint density at radius 3 is 2.70 bits per heavy atom. The molecule has 1 saturated carbocycles. The molecule has 1 aliphatic carbocycles. The summed E-state index contributed by atoms with van der Waals surface area (Å²) in [6.45, 7) is 2.57. The quantitative estimate of drug-likeness (QED) is 0.902. The number of aryl methyl sites for hydroxylation is 1. The SMILES string of the molecule is Cc1noc(C2CCCCN2C(=O)NC2CCCC2)n1. The highest BCUT2D eigenvalue weighted by Crippen LogP contribution is 2.30. The summed E-state index contributed by atoms with van der Waals surface area (Å²) in [6, 6.07) is 0.304. The molecule has 1 aromatic heterocycles. The van der Waals surface area contributed by atoms with Gasteiger partial charge in [0, 0.05) is 12.6 Å². The molecule has 0 aromatic carbocycles. The molecule has 0 bridgehead atoms. The smallest absolute Gasteiger partial charge is 0.318 e. The lowest BCUT2D eigenvalue weighted by Gasteiger charge is -2.34. The van der Waals surface area contributed by atoms with E-state index in [9.17, 15) is 4.79 Å². The van der Waals surface area contributed by atoms with Crippen LogP contribution in [0.2, 0.25) is 0 Å². The maximum Gasteiger partial charge on any atom is 0.318 e. The molecule has 0 radical (unpaired) electrons. The average molecular weight is 278 g/mol. The molecular weight excluding hydrogens is 256 g/mol. The summed E-state index contributed by atoms with van der Waals surface area (Å²) in [4.78, 5) is 18.6. The van der Waals surface area contributed by atoms with Gasteiger partial charge in [-0.05, 0) is 39.0 Å². The van der Waals surface area contributed by atoms with Crippen molar-refractivity contribution < 1.29 is 9.32 Å². The minimum Gasteiger partial charge on any atom is -0.337 e. The largest absolute Gasteiger partial charge is 0.337 e. The van der Waals surface area contributed by atoms with Gasteiger partial charge in [-0.1, -0.05) is 18.0 Å². The lowest BCUT2D eigenvalue weighted by atomic mass is 10.0. The number of rotatable bonds is 2. The molecule has 2 aliphatic rings. The van der Waals surface area contributed by atoms with Gasteiger partial charge >= 0.3 is 6.03 Å². The number of piperidine rings is 1. The van der Waals surface area contributed by atoms with Crippen LogP contribution in [0.15, 0.2) is 4.52 Å². The summed E-state index contributed by atoms with van der Waals surface area (Å²) >= 11 is 0. The fourth-order valence-corrected chi connectivity index (χ4v) is 3.21. The Balaban J connectivity index is 1.69. The van der Waals surface area contributed by atoms with E-state index in [-0.39, 0.29) is 12.1 Å². The molecule has 6 heteroatoms. The fraction of sp³-hybridized carbons (Fsp3) is 0.786. The summed E-state index contributed by atoms with van der Waals surface area (Å²) < 4.78 is 5.27. The number of amides is 2. The first kappa shape index (κ1) is 13.4. The molecule has 2 heterocycles. The number of aromatic nitrogens is 2. The van der Waals surface area contributed by atoms with Crippen LogP contribution in [-0.2, 0) is 0 Å². The number of carbonyl (C=O) groups excluding carboxylic acids is 1. The second-order valence-electron chi connectivity index (χ2n) is 5.82. The third kappa shape index (κ3) is 2.78. The van der Waals surface area contributed by atoms with Crippen LogP contribution in [0.1, 0.15) is 62.7 Å². The van der Waals surface area contributed by atoms with Crippen molar-refractivity contribution >= 4 is 6.03 Å². The molecule has 1 atom stereocenters. The minimum atomic E-state index is -0.0636. The number of hydrogen-bond donors (Lipinski definition) is 1. The zero-order valence-corrected chi connectivity index (χ0v) is 12.0. The van der Waals surface area contributed by atoms with Crippen LogP contribution in [0.3, 0.4) is 0 Å². The van der Waals surface area contributed by atoms with Crippen LogP contribution in [0.25, 0.3) is 0 Å². The number of nitrogens with one attached hydrogen (secondary N) is 1. The normalized spacial score (nSPS) is 24.1. The van der Waals surface area contributed by atoms with Gasteiger partial charge in [-0.3, -0.25) is 0 Å². The lowest BCUT2D eigenvalue weighted by molar-refractivity contribution is 0.129. The summed E-state index contributed by atoms with van der Waals surface area (Å²) in [6.07, 6.45) is 7.68. The van der Waals surface area contributed by atoms with Crippen molar-refractivity contribution in [2.75, 3.05) is 6.54 Å². The molecule has 6 nitrogen and oxygen atoms in total. The van der Waals surface area contributed by atoms with Gasteiger partial charge in [0.25, 0.3) is 0 Å². The van der Waals surface area contributed by atoms with Crippen LogP contribution in [0.4, 0.5) is 4.79 Å². The first-order valence-corrected chi connectivity index (χ1v) is 7.61. The van der Waals surface area contributed by atoms with E-state index >= 15 is 0 Å². The highest BCUT2D eigenvalue weighted by Gasteiger charge is 2.33. The standard InChI is InChI=1S/C14H22N4O2/c1-10-15-13(20-17-10)12-8-4-5-9-18(12)14(19)16-11-6-2-3-7-11/h11-12H,2-9H2,1H3,(H,16,19). The van der Waals surface area contributed by atoms with Crippen LogP contribution in [0, 0.1) is 6.92 Å². The Hall–Kier alpha value is -1.59. The molecule has 1 aromatic rings. The Labute approximate surface area is 118 Å². The van der Waals surface area contributed by atoms with E-state index in [2.05, 4.69) is 15.5 Å². The molecule has 1 saturated heterocycles. The highest BCUT2D eigenvalue weighted by molar-refractivity contribution is 5.75. The van der Waals surface area contributed by atoms with Crippen LogP contribution in [-0.4, -0.2) is 33.7 Å². The molecule has 2 amide bonds. The number of nitrogens with zero attached hydrogens (tertiary/aromatic N) is 3. The molecule has 2 fully saturated rings. The van der Waals surface area contributed by atoms with Crippen molar-refractivity contribution in [1.82, 2.24) is 20.4 Å². The predicted octanol–water partition coefficient (Wildman–Crippen LogP) is 2.56. The lowest BCUT2D eigenvalue weighted by Crippen LogP contribution is -2.47. The topological polar surface area (TPSA) is 71.3 Å². The van der Waals surface area contributed by atoms with Crippen molar-refractivity contribution in [3.8, 4) is 0 Å². The number of likely N-dealkylation sites (tertiary alicyclic amines) is 1. The van der Waals surface area contributed by atoms with Crippen LogP contribution in [0.5, 0.6) is 0 Å². The molecular formula is C14H22N4O2. The summed E-state index contributed by atoms with van der Waals surface area (Å²) in [5.41, 5.74) is 0. The van der Waals surface area contributed by atoms with Gasteiger partial charge in [0.05, 0.1) is 0 Å². The maximum absolute atomic E-state index is 12.5. The minimum absolute atomic E-state index is 0.0254. The van der Waals surface area contributed by atoms with Crippen molar-refractivity contribution in [1.29, 1.82) is 0 Å². The first-order chi connectivity index (χ1) is 9.74. The number of hydrogen-bond acceptors (Lipinski definition) is 4. The van der Waals surface area contributed by atoms with Crippen molar-refractivity contribution in [2.45, 2.75) is 64.0 Å². The molecule has 1 unspecified atom stereocenters. The molecule has 20 heavy (non-hydrogen) atoms. The van der Waals surface area contributed by atoms with Gasteiger partial charge in [0.15, 0.2) is 5.82 Å². The van der Waals surface area contributed by atoms with Gasteiger partial charge in [-0.15, -0.1) is 0 Å². The molecule has 0 spiro atoms. The van der Waals surface area contributed by atoms with E-state index in [0.717, 1.165) is 38.6 Å². The summed E-state index contributed by atoms with van der Waals surface area (Å²) in [5, 5.41) is 7.00. The Morgan fingerprint density at radius 2 is 2.00 bits per heavy atom. The average Bonchev–Trinajstić information content (AvgIpc) is 3.10. The maximum atomic E-state index is 12.5. The Morgan fingerprint density at radius 1 is 1.25 bits per heavy atom. The molecule has 3 rings (SSSR count). The summed E-state index contributed by atoms with van der Waals surface area (Å²) in [5.74, 6) is 1.20. The van der Waals surface area contributed by atoms with E-state index < -0.39 is 0 Å². The highest BCUT2D eigenvalue weighted by atomic mass is 16.5. The van der Waals surface area contributed by atoms with E-state index in [4.69, 9.17) is 4.52 Å². The molecule has 1 N–H and O–H groups in total. The van der Waals surface area contributed by atoms with E-state index in [1.807, 2.05) is 4.90 Å². The third-order valence-electron chi connectivity index (χ3n) is 4.27. The molecule has 110 valence electrons. The van der Waals surface area contributed by atoms with E-state index in [1.54, 1.807) is 6.92 Å². The number of carbonyl (C=O) groups is 1. The van der Waals surface area contributed by atoms with Crippen LogP contribution >= 0.6 is 0 Å². The Bertz CT molecular complexity index is 467. The first-order valence-electron chi connectivity index (χ1n) is 7.61. The fourth-order valence-electron chi connectivity index (χ4n) is 3.21.